The van der Waals surface area contributed by atoms with Crippen molar-refractivity contribution in [2.75, 3.05) is 4.90 Å². The fourth-order valence-corrected chi connectivity index (χ4v) is 4.88. The second kappa shape index (κ2) is 10.1. The Morgan fingerprint density at radius 1 is 1.03 bits per heavy atom. The minimum Gasteiger partial charge on any atom is -0.351 e. The van der Waals surface area contributed by atoms with Gasteiger partial charge in [0.1, 0.15) is 5.69 Å². The summed E-state index contributed by atoms with van der Waals surface area (Å²) in [4.78, 5) is 33.8. The Kier molecular flexibility index (Phi) is 6.99. The average Bonchev–Trinajstić information content (AvgIpc) is 3.33. The van der Waals surface area contributed by atoms with E-state index in [1.807, 2.05) is 17.5 Å². The van der Waals surface area contributed by atoms with Crippen LogP contribution in [0, 0.1) is 0 Å². The van der Waals surface area contributed by atoms with Crippen LogP contribution in [-0.4, -0.2) is 22.8 Å². The van der Waals surface area contributed by atoms with Gasteiger partial charge >= 0.3 is 0 Å². The minimum absolute atomic E-state index is 0.140. The minimum atomic E-state index is -0.794. The molecular formula is C24H24ClN3O2S. The van der Waals surface area contributed by atoms with Crippen LogP contribution >= 0.6 is 22.9 Å². The molecule has 3 aromatic rings. The van der Waals surface area contributed by atoms with E-state index in [0.717, 1.165) is 30.6 Å². The number of aromatic nitrogens is 1. The van der Waals surface area contributed by atoms with Gasteiger partial charge in [0.2, 0.25) is 5.91 Å². The van der Waals surface area contributed by atoms with Gasteiger partial charge in [-0.25, -0.2) is 0 Å². The van der Waals surface area contributed by atoms with E-state index in [2.05, 4.69) is 10.3 Å². The molecule has 0 bridgehead atoms. The zero-order chi connectivity index (χ0) is 21.6. The first-order chi connectivity index (χ1) is 15.1. The molecule has 2 heterocycles. The second-order valence-electron chi connectivity index (χ2n) is 7.63. The zero-order valence-corrected chi connectivity index (χ0v) is 18.6. The van der Waals surface area contributed by atoms with Crippen LogP contribution in [0.4, 0.5) is 5.69 Å². The Labute approximate surface area is 191 Å². The maximum atomic E-state index is 13.6. The van der Waals surface area contributed by atoms with Crippen LogP contribution in [0.25, 0.3) is 0 Å². The summed E-state index contributed by atoms with van der Waals surface area (Å²) >= 11 is 7.55. The molecule has 0 spiro atoms. The van der Waals surface area contributed by atoms with Gasteiger partial charge in [-0.15, -0.1) is 11.3 Å². The third-order valence-electron chi connectivity index (χ3n) is 5.48. The van der Waals surface area contributed by atoms with Crippen LogP contribution < -0.4 is 10.2 Å². The van der Waals surface area contributed by atoms with E-state index >= 15 is 0 Å². The van der Waals surface area contributed by atoms with Crippen molar-refractivity contribution in [2.24, 2.45) is 0 Å². The van der Waals surface area contributed by atoms with Crippen molar-refractivity contribution in [3.63, 3.8) is 0 Å². The lowest BCUT2D eigenvalue weighted by atomic mass is 9.95. The summed E-state index contributed by atoms with van der Waals surface area (Å²) < 4.78 is 0. The van der Waals surface area contributed by atoms with Gasteiger partial charge < -0.3 is 5.32 Å². The van der Waals surface area contributed by atoms with Crippen LogP contribution in [-0.2, 0) is 4.79 Å². The van der Waals surface area contributed by atoms with E-state index in [4.69, 9.17) is 11.6 Å². The highest BCUT2D eigenvalue weighted by Gasteiger charge is 2.35. The van der Waals surface area contributed by atoms with E-state index in [-0.39, 0.29) is 23.6 Å². The number of nitrogens with zero attached hydrogens (tertiary/aromatic N) is 2. The number of hydrogen-bond acceptors (Lipinski definition) is 4. The molecule has 0 saturated heterocycles. The Hall–Kier alpha value is -2.70. The fraction of sp³-hybridized carbons (Fsp3) is 0.292. The lowest BCUT2D eigenvalue weighted by Gasteiger charge is -2.32. The zero-order valence-electron chi connectivity index (χ0n) is 17.0. The Morgan fingerprint density at radius 3 is 2.45 bits per heavy atom. The molecular weight excluding hydrogens is 430 g/mol. The Bertz CT molecular complexity index is 1000. The van der Waals surface area contributed by atoms with Crippen LogP contribution in [0.15, 0.2) is 66.2 Å². The maximum absolute atomic E-state index is 13.6. The van der Waals surface area contributed by atoms with Crippen LogP contribution in [0.2, 0.25) is 5.02 Å². The van der Waals surface area contributed by atoms with Gasteiger partial charge in [-0.1, -0.05) is 43.0 Å². The van der Waals surface area contributed by atoms with Crippen molar-refractivity contribution in [2.45, 2.75) is 44.2 Å². The fourth-order valence-electron chi connectivity index (χ4n) is 3.95. The molecule has 2 amide bonds. The van der Waals surface area contributed by atoms with Crippen molar-refractivity contribution in [1.29, 1.82) is 0 Å². The number of carbonyl (C=O) groups is 2. The van der Waals surface area contributed by atoms with Crippen molar-refractivity contribution in [3.05, 3.63) is 81.8 Å². The van der Waals surface area contributed by atoms with Crippen molar-refractivity contribution < 1.29 is 9.59 Å². The van der Waals surface area contributed by atoms with Crippen LogP contribution in [0.3, 0.4) is 0 Å². The normalized spacial score (nSPS) is 15.3. The molecule has 1 atom stereocenters. The van der Waals surface area contributed by atoms with Crippen molar-refractivity contribution >= 4 is 40.4 Å². The number of amides is 2. The number of benzene rings is 1. The molecule has 1 aliphatic carbocycles. The number of halogens is 1. The van der Waals surface area contributed by atoms with E-state index < -0.39 is 6.04 Å². The van der Waals surface area contributed by atoms with E-state index in [1.165, 1.54) is 22.7 Å². The third kappa shape index (κ3) is 5.14. The maximum Gasteiger partial charge on any atom is 0.277 e. The summed E-state index contributed by atoms with van der Waals surface area (Å²) in [7, 11) is 0. The van der Waals surface area contributed by atoms with Gasteiger partial charge in [0.05, 0.1) is 0 Å². The van der Waals surface area contributed by atoms with Gasteiger partial charge in [0.25, 0.3) is 5.91 Å². The molecule has 1 N–H and O–H groups in total. The van der Waals surface area contributed by atoms with Gasteiger partial charge in [0, 0.05) is 27.8 Å². The first kappa shape index (κ1) is 21.5. The number of rotatable bonds is 6. The number of anilines is 1. The average molecular weight is 454 g/mol. The first-order valence-corrected chi connectivity index (χ1v) is 11.7. The standard InChI is InChI=1S/C24H24ClN3O2S/c25-17-11-13-19(14-12-17)28(24(30)20-9-4-5-15-26-20)22(21-10-6-16-31-21)23(29)27-18-7-2-1-3-8-18/h4-6,9-16,18,22H,1-3,7-8H2,(H,27,29)/t22-/m0/s1. The quantitative estimate of drug-likeness (QED) is 0.525. The first-order valence-electron chi connectivity index (χ1n) is 10.5. The lowest BCUT2D eigenvalue weighted by molar-refractivity contribution is -0.123. The van der Waals surface area contributed by atoms with E-state index in [0.29, 0.717) is 10.7 Å². The molecule has 0 unspecified atom stereocenters. The molecule has 1 saturated carbocycles. The highest BCUT2D eigenvalue weighted by atomic mass is 35.5. The molecule has 1 aliphatic rings. The molecule has 0 aliphatic heterocycles. The molecule has 1 aromatic carbocycles. The largest absolute Gasteiger partial charge is 0.351 e. The summed E-state index contributed by atoms with van der Waals surface area (Å²) in [5, 5.41) is 5.68. The monoisotopic (exact) mass is 453 g/mol. The SMILES string of the molecule is O=C(NC1CCCCC1)[C@H](c1cccs1)N(C(=O)c1ccccn1)c1ccc(Cl)cc1. The molecule has 1 fully saturated rings. The van der Waals surface area contributed by atoms with E-state index in [1.54, 1.807) is 48.7 Å². The number of carbonyl (C=O) groups excluding carboxylic acids is 2. The van der Waals surface area contributed by atoms with Crippen LogP contribution in [0.5, 0.6) is 0 Å². The predicted octanol–water partition coefficient (Wildman–Crippen LogP) is 5.63. The van der Waals surface area contributed by atoms with Gasteiger partial charge in [0.15, 0.2) is 6.04 Å². The number of thiophene rings is 1. The molecule has 7 heteroatoms. The summed E-state index contributed by atoms with van der Waals surface area (Å²) in [6.07, 6.45) is 6.95. The number of pyridine rings is 1. The van der Waals surface area contributed by atoms with Gasteiger partial charge in [-0.05, 0) is 60.7 Å². The van der Waals surface area contributed by atoms with E-state index in [9.17, 15) is 9.59 Å². The second-order valence-corrected chi connectivity index (χ2v) is 9.04. The topological polar surface area (TPSA) is 62.3 Å². The molecule has 5 nitrogen and oxygen atoms in total. The molecule has 4 rings (SSSR count). The third-order valence-corrected chi connectivity index (χ3v) is 6.66. The Balaban J connectivity index is 1.74. The van der Waals surface area contributed by atoms with Gasteiger partial charge in [-0.2, -0.15) is 0 Å². The van der Waals surface area contributed by atoms with Gasteiger partial charge in [-0.3, -0.25) is 19.5 Å². The summed E-state index contributed by atoms with van der Waals surface area (Å²) in [6.45, 7) is 0. The summed E-state index contributed by atoms with van der Waals surface area (Å²) in [5.41, 5.74) is 0.877. The number of hydrogen-bond donors (Lipinski definition) is 1. The summed E-state index contributed by atoms with van der Waals surface area (Å²) in [5.74, 6) is -0.506. The molecule has 0 radical (unpaired) electrons. The van der Waals surface area contributed by atoms with Crippen molar-refractivity contribution in [1.82, 2.24) is 10.3 Å². The number of nitrogens with one attached hydrogen (secondary N) is 1. The molecule has 31 heavy (non-hydrogen) atoms. The summed E-state index contributed by atoms with van der Waals surface area (Å²) in [6, 6.07) is 15.3. The Morgan fingerprint density at radius 2 is 1.81 bits per heavy atom. The van der Waals surface area contributed by atoms with Crippen LogP contribution in [0.1, 0.15) is 53.5 Å². The smallest absolute Gasteiger partial charge is 0.277 e. The highest BCUT2D eigenvalue weighted by Crippen LogP contribution is 2.33. The van der Waals surface area contributed by atoms with Crippen molar-refractivity contribution in [3.8, 4) is 0 Å². The highest BCUT2D eigenvalue weighted by molar-refractivity contribution is 7.10. The lowest BCUT2D eigenvalue weighted by Crippen LogP contribution is -2.47. The molecule has 2 aromatic heterocycles. The predicted molar refractivity (Wildman–Crippen MR) is 125 cm³/mol. The molecule has 160 valence electrons.